The first kappa shape index (κ1) is 20.3. The summed E-state index contributed by atoms with van der Waals surface area (Å²) in [5, 5.41) is 0. The van der Waals surface area contributed by atoms with Crippen molar-refractivity contribution in [2.75, 3.05) is 38.0 Å². The summed E-state index contributed by atoms with van der Waals surface area (Å²) in [6.07, 6.45) is 3.50. The fraction of sp³-hybridized carbons (Fsp3) is 0.280. The first-order chi connectivity index (χ1) is 15.8. The van der Waals surface area contributed by atoms with Crippen molar-refractivity contribution in [2.45, 2.75) is 13.1 Å². The number of hydrogen-bond acceptors (Lipinski definition) is 6. The Kier molecular flexibility index (Phi) is 5.89. The molecule has 5 rings (SSSR count). The van der Waals surface area contributed by atoms with Crippen LogP contribution in [0.2, 0.25) is 0 Å². The van der Waals surface area contributed by atoms with E-state index >= 15 is 0 Å². The first-order valence-corrected chi connectivity index (χ1v) is 10.8. The molecule has 0 atom stereocenters. The van der Waals surface area contributed by atoms with Gasteiger partial charge in [0.25, 0.3) is 5.91 Å². The normalized spacial score (nSPS) is 14.9. The van der Waals surface area contributed by atoms with Crippen molar-refractivity contribution in [3.8, 4) is 11.5 Å². The molecule has 0 unspecified atom stereocenters. The second kappa shape index (κ2) is 9.28. The molecule has 3 aromatic rings. The second-order valence-electron chi connectivity index (χ2n) is 7.82. The molecule has 7 heteroatoms. The summed E-state index contributed by atoms with van der Waals surface area (Å²) in [5.74, 6) is 1.44. The van der Waals surface area contributed by atoms with Crippen LogP contribution in [0.15, 0.2) is 67.0 Å². The van der Waals surface area contributed by atoms with Gasteiger partial charge >= 0.3 is 0 Å². The Labute approximate surface area is 187 Å². The minimum absolute atomic E-state index is 0.0124. The third kappa shape index (κ3) is 4.38. The van der Waals surface area contributed by atoms with Crippen LogP contribution in [0.3, 0.4) is 0 Å². The maximum Gasteiger partial charge on any atom is 0.256 e. The van der Waals surface area contributed by atoms with E-state index in [0.29, 0.717) is 37.6 Å². The summed E-state index contributed by atoms with van der Waals surface area (Å²) in [6, 6.07) is 17.5. The van der Waals surface area contributed by atoms with Gasteiger partial charge in [-0.25, -0.2) is 0 Å². The van der Waals surface area contributed by atoms with Crippen LogP contribution in [0.5, 0.6) is 11.5 Å². The summed E-state index contributed by atoms with van der Waals surface area (Å²) in [5.41, 5.74) is 3.66. The Morgan fingerprint density at radius 3 is 2.50 bits per heavy atom. The average Bonchev–Trinajstić information content (AvgIpc) is 3.32. The highest BCUT2D eigenvalue weighted by Gasteiger charge is 2.24. The number of morpholine rings is 1. The molecule has 1 amide bonds. The molecule has 0 N–H and O–H groups in total. The lowest BCUT2D eigenvalue weighted by atomic mass is 10.1. The van der Waals surface area contributed by atoms with Gasteiger partial charge in [-0.15, -0.1) is 0 Å². The molecule has 7 nitrogen and oxygen atoms in total. The predicted molar refractivity (Wildman–Crippen MR) is 120 cm³/mol. The molecule has 0 radical (unpaired) electrons. The van der Waals surface area contributed by atoms with Gasteiger partial charge in [-0.2, -0.15) is 0 Å². The highest BCUT2D eigenvalue weighted by atomic mass is 16.7. The van der Waals surface area contributed by atoms with Crippen LogP contribution in [0.4, 0.5) is 5.69 Å². The lowest BCUT2D eigenvalue weighted by molar-refractivity contribution is 0.0729. The molecule has 2 aromatic carbocycles. The van der Waals surface area contributed by atoms with Gasteiger partial charge < -0.3 is 24.0 Å². The molecule has 32 heavy (non-hydrogen) atoms. The van der Waals surface area contributed by atoms with Gasteiger partial charge in [-0.3, -0.25) is 9.78 Å². The second-order valence-corrected chi connectivity index (χ2v) is 7.82. The average molecular weight is 431 g/mol. The van der Waals surface area contributed by atoms with Gasteiger partial charge in [0.2, 0.25) is 6.79 Å². The molecule has 0 saturated carbocycles. The SMILES string of the molecule is O=C(c1ccccc1N1CCOCC1)N(Cc1ccncc1)Cc1ccc2c(c1)OCO2. The van der Waals surface area contributed by atoms with Gasteiger partial charge in [0.1, 0.15) is 0 Å². The van der Waals surface area contributed by atoms with Crippen LogP contribution in [0.25, 0.3) is 0 Å². The van der Waals surface area contributed by atoms with Crippen LogP contribution in [0.1, 0.15) is 21.5 Å². The topological polar surface area (TPSA) is 64.1 Å². The van der Waals surface area contributed by atoms with E-state index in [1.165, 1.54) is 0 Å². The van der Waals surface area contributed by atoms with Crippen molar-refractivity contribution in [3.05, 3.63) is 83.7 Å². The number of pyridine rings is 1. The van der Waals surface area contributed by atoms with E-state index < -0.39 is 0 Å². The maximum absolute atomic E-state index is 13.8. The number of ether oxygens (including phenoxy) is 3. The van der Waals surface area contributed by atoms with Crippen LogP contribution >= 0.6 is 0 Å². The fourth-order valence-corrected chi connectivity index (χ4v) is 4.07. The lowest BCUT2D eigenvalue weighted by Gasteiger charge is -2.31. The number of benzene rings is 2. The van der Waals surface area contributed by atoms with Crippen molar-refractivity contribution < 1.29 is 19.0 Å². The Hall–Kier alpha value is -3.58. The molecule has 2 aliphatic heterocycles. The molecule has 0 aliphatic carbocycles. The van der Waals surface area contributed by atoms with E-state index in [-0.39, 0.29) is 12.7 Å². The zero-order valence-electron chi connectivity index (χ0n) is 17.8. The zero-order chi connectivity index (χ0) is 21.8. The van der Waals surface area contributed by atoms with Crippen LogP contribution in [0, 0.1) is 0 Å². The number of amides is 1. The smallest absolute Gasteiger partial charge is 0.256 e. The van der Waals surface area contributed by atoms with E-state index in [2.05, 4.69) is 9.88 Å². The number of para-hydroxylation sites is 1. The van der Waals surface area contributed by atoms with Crippen molar-refractivity contribution in [2.24, 2.45) is 0 Å². The van der Waals surface area contributed by atoms with Crippen molar-refractivity contribution in [1.29, 1.82) is 0 Å². The van der Waals surface area contributed by atoms with Gasteiger partial charge in [0, 0.05) is 44.3 Å². The molecule has 164 valence electrons. The number of aromatic nitrogens is 1. The van der Waals surface area contributed by atoms with Gasteiger partial charge in [0.05, 0.1) is 18.8 Å². The van der Waals surface area contributed by atoms with Crippen molar-refractivity contribution in [3.63, 3.8) is 0 Å². The highest BCUT2D eigenvalue weighted by molar-refractivity contribution is 5.99. The highest BCUT2D eigenvalue weighted by Crippen LogP contribution is 2.33. The number of anilines is 1. The Morgan fingerprint density at radius 2 is 1.66 bits per heavy atom. The summed E-state index contributed by atoms with van der Waals surface area (Å²) in [6.45, 7) is 4.04. The number of rotatable bonds is 6. The van der Waals surface area contributed by atoms with Crippen molar-refractivity contribution in [1.82, 2.24) is 9.88 Å². The summed E-state index contributed by atoms with van der Waals surface area (Å²) in [7, 11) is 0. The van der Waals surface area contributed by atoms with Gasteiger partial charge in [0.15, 0.2) is 11.5 Å². The van der Waals surface area contributed by atoms with Crippen molar-refractivity contribution >= 4 is 11.6 Å². The molecular formula is C25H25N3O4. The number of hydrogen-bond donors (Lipinski definition) is 0. The van der Waals surface area contributed by atoms with E-state index in [1.54, 1.807) is 12.4 Å². The molecule has 3 heterocycles. The van der Waals surface area contributed by atoms with E-state index in [9.17, 15) is 4.79 Å². The molecule has 1 saturated heterocycles. The Morgan fingerprint density at radius 1 is 0.906 bits per heavy atom. The third-order valence-electron chi connectivity index (χ3n) is 5.71. The van der Waals surface area contributed by atoms with Crippen LogP contribution in [-0.4, -0.2) is 48.9 Å². The maximum atomic E-state index is 13.8. The summed E-state index contributed by atoms with van der Waals surface area (Å²) in [4.78, 5) is 22.0. The molecule has 1 fully saturated rings. The molecular weight excluding hydrogens is 406 g/mol. The van der Waals surface area contributed by atoms with Gasteiger partial charge in [-0.05, 0) is 47.5 Å². The quantitative estimate of drug-likeness (QED) is 0.595. The number of fused-ring (bicyclic) bond motifs is 1. The van der Waals surface area contributed by atoms with Crippen LogP contribution in [-0.2, 0) is 17.8 Å². The lowest BCUT2D eigenvalue weighted by Crippen LogP contribution is -2.38. The first-order valence-electron chi connectivity index (χ1n) is 10.8. The molecule has 2 aliphatic rings. The molecule has 0 spiro atoms. The minimum atomic E-state index is -0.0124. The molecule has 1 aromatic heterocycles. The van der Waals surface area contributed by atoms with E-state index in [4.69, 9.17) is 14.2 Å². The minimum Gasteiger partial charge on any atom is -0.454 e. The number of carbonyl (C=O) groups is 1. The van der Waals surface area contributed by atoms with Crippen LogP contribution < -0.4 is 14.4 Å². The van der Waals surface area contributed by atoms with E-state index in [1.807, 2.05) is 59.5 Å². The fourth-order valence-electron chi connectivity index (χ4n) is 4.07. The summed E-state index contributed by atoms with van der Waals surface area (Å²) < 4.78 is 16.5. The standard InChI is InChI=1S/C25H25N3O4/c29-25(21-3-1-2-4-22(21)27-11-13-30-14-12-27)28(16-19-7-9-26-10-8-19)17-20-5-6-23-24(15-20)32-18-31-23/h1-10,15H,11-14,16-18H2. The summed E-state index contributed by atoms with van der Waals surface area (Å²) >= 11 is 0. The largest absolute Gasteiger partial charge is 0.454 e. The zero-order valence-corrected chi connectivity index (χ0v) is 17.8. The number of carbonyl (C=O) groups excluding carboxylic acids is 1. The Balaban J connectivity index is 1.45. The molecule has 0 bridgehead atoms. The monoisotopic (exact) mass is 431 g/mol. The predicted octanol–water partition coefficient (Wildman–Crippen LogP) is 3.49. The number of nitrogens with zero attached hydrogens (tertiary/aromatic N) is 3. The van der Waals surface area contributed by atoms with Gasteiger partial charge in [-0.1, -0.05) is 18.2 Å². The van der Waals surface area contributed by atoms with E-state index in [0.717, 1.165) is 35.7 Å². The Bertz CT molecular complexity index is 1080. The third-order valence-corrected chi connectivity index (χ3v) is 5.71.